The molecule has 1 atom stereocenters. The number of rotatable bonds is 9. The zero-order valence-electron chi connectivity index (χ0n) is 17.4. The van der Waals surface area contributed by atoms with Gasteiger partial charge in [0.25, 0.3) is 0 Å². The topological polar surface area (TPSA) is 52.7 Å². The Morgan fingerprint density at radius 3 is 2.55 bits per heavy atom. The van der Waals surface area contributed by atoms with Crippen LogP contribution in [0.15, 0.2) is 54.6 Å². The van der Waals surface area contributed by atoms with Crippen molar-refractivity contribution in [1.82, 2.24) is 15.1 Å². The quantitative estimate of drug-likeness (QED) is 0.666. The lowest BCUT2D eigenvalue weighted by molar-refractivity contribution is -0.135. The molecule has 2 aromatic rings. The second-order valence-corrected chi connectivity index (χ2v) is 7.93. The predicted molar refractivity (Wildman–Crippen MR) is 115 cm³/mol. The van der Waals surface area contributed by atoms with Crippen LogP contribution in [0.1, 0.15) is 36.0 Å². The van der Waals surface area contributed by atoms with E-state index in [2.05, 4.69) is 41.5 Å². The van der Waals surface area contributed by atoms with Gasteiger partial charge in [0.15, 0.2) is 0 Å². The van der Waals surface area contributed by atoms with E-state index in [1.165, 1.54) is 11.1 Å². The first kappa shape index (κ1) is 21.1. The highest BCUT2D eigenvalue weighted by Gasteiger charge is 2.35. The number of carbonyl (C=O) groups excluding carboxylic acids is 2. The highest BCUT2D eigenvalue weighted by molar-refractivity contribution is 5.90. The van der Waals surface area contributed by atoms with Crippen LogP contribution in [-0.2, 0) is 22.7 Å². The molecule has 1 aliphatic rings. The van der Waals surface area contributed by atoms with E-state index in [4.69, 9.17) is 0 Å². The predicted octanol–water partition coefficient (Wildman–Crippen LogP) is 3.12. The fourth-order valence-corrected chi connectivity index (χ4v) is 3.75. The molecule has 3 rings (SSSR count). The van der Waals surface area contributed by atoms with Crippen molar-refractivity contribution in [3.8, 4) is 0 Å². The van der Waals surface area contributed by atoms with Gasteiger partial charge < -0.3 is 15.1 Å². The van der Waals surface area contributed by atoms with Gasteiger partial charge in [0, 0.05) is 26.1 Å². The Morgan fingerprint density at radius 1 is 1.10 bits per heavy atom. The molecule has 0 saturated carbocycles. The molecule has 5 nitrogen and oxygen atoms in total. The van der Waals surface area contributed by atoms with Crippen LogP contribution < -0.4 is 5.32 Å². The van der Waals surface area contributed by atoms with Crippen molar-refractivity contribution in [3.05, 3.63) is 71.3 Å². The second-order valence-electron chi connectivity index (χ2n) is 7.93. The molecular formula is C24H31N3O2. The minimum atomic E-state index is -0.356. The lowest BCUT2D eigenvalue weighted by Gasteiger charge is -2.24. The fourth-order valence-electron chi connectivity index (χ4n) is 3.75. The number of hydrogen-bond donors (Lipinski definition) is 1. The molecule has 154 valence electrons. The summed E-state index contributed by atoms with van der Waals surface area (Å²) >= 11 is 0. The van der Waals surface area contributed by atoms with Gasteiger partial charge in [-0.3, -0.25) is 9.59 Å². The summed E-state index contributed by atoms with van der Waals surface area (Å²) in [5, 5.41) is 3.03. The van der Waals surface area contributed by atoms with Gasteiger partial charge in [-0.05, 0) is 44.5 Å². The van der Waals surface area contributed by atoms with Crippen molar-refractivity contribution < 1.29 is 9.59 Å². The molecule has 2 aromatic carbocycles. The van der Waals surface area contributed by atoms with Gasteiger partial charge in [-0.15, -0.1) is 0 Å². The Balaban J connectivity index is 1.43. The normalized spacial score (nSPS) is 16.4. The molecule has 0 spiro atoms. The molecule has 0 aromatic heterocycles. The standard InChI is InChI=1S/C24H31N3O2/c1-19-9-11-21(12-10-19)18-27-22(13-14-23(27)28)24(29)25-15-6-16-26(2)17-20-7-4-3-5-8-20/h3-5,7-12,22H,6,13-18H2,1-2H3,(H,25,29). The lowest BCUT2D eigenvalue weighted by atomic mass is 10.1. The van der Waals surface area contributed by atoms with E-state index >= 15 is 0 Å². The van der Waals surface area contributed by atoms with Crippen molar-refractivity contribution >= 4 is 11.8 Å². The summed E-state index contributed by atoms with van der Waals surface area (Å²) < 4.78 is 0. The highest BCUT2D eigenvalue weighted by atomic mass is 16.2. The molecule has 1 aliphatic heterocycles. The molecule has 0 aliphatic carbocycles. The molecule has 0 bridgehead atoms. The second kappa shape index (κ2) is 10.2. The number of carbonyl (C=O) groups is 2. The molecular weight excluding hydrogens is 362 g/mol. The number of likely N-dealkylation sites (tertiary alicyclic amines) is 1. The molecule has 1 saturated heterocycles. The van der Waals surface area contributed by atoms with E-state index in [1.807, 2.05) is 37.3 Å². The number of benzene rings is 2. The Hall–Kier alpha value is -2.66. The number of nitrogens with one attached hydrogen (secondary N) is 1. The third-order valence-electron chi connectivity index (χ3n) is 5.42. The van der Waals surface area contributed by atoms with Crippen molar-refractivity contribution in [1.29, 1.82) is 0 Å². The summed E-state index contributed by atoms with van der Waals surface area (Å²) in [6.45, 7) is 4.97. The average molecular weight is 394 g/mol. The van der Waals surface area contributed by atoms with Crippen LogP contribution >= 0.6 is 0 Å². The summed E-state index contributed by atoms with van der Waals surface area (Å²) in [5.74, 6) is 0.0296. The number of nitrogens with zero attached hydrogens (tertiary/aromatic N) is 2. The van der Waals surface area contributed by atoms with Crippen LogP contribution in [0.3, 0.4) is 0 Å². The maximum Gasteiger partial charge on any atom is 0.242 e. The maximum atomic E-state index is 12.7. The van der Waals surface area contributed by atoms with Gasteiger partial charge in [-0.2, -0.15) is 0 Å². The van der Waals surface area contributed by atoms with Crippen molar-refractivity contribution in [2.24, 2.45) is 0 Å². The van der Waals surface area contributed by atoms with E-state index in [0.29, 0.717) is 25.9 Å². The van der Waals surface area contributed by atoms with Gasteiger partial charge in [-0.25, -0.2) is 0 Å². The van der Waals surface area contributed by atoms with E-state index in [1.54, 1.807) is 4.90 Å². The highest BCUT2D eigenvalue weighted by Crippen LogP contribution is 2.22. The van der Waals surface area contributed by atoms with Gasteiger partial charge in [-0.1, -0.05) is 60.2 Å². The van der Waals surface area contributed by atoms with Crippen molar-refractivity contribution in [2.75, 3.05) is 20.1 Å². The molecule has 0 radical (unpaired) electrons. The first-order valence-corrected chi connectivity index (χ1v) is 10.4. The summed E-state index contributed by atoms with van der Waals surface area (Å²) in [7, 11) is 2.09. The molecule has 5 heteroatoms. The molecule has 29 heavy (non-hydrogen) atoms. The smallest absolute Gasteiger partial charge is 0.242 e. The third kappa shape index (κ3) is 6.16. The number of amides is 2. The minimum Gasteiger partial charge on any atom is -0.354 e. The molecule has 1 fully saturated rings. The van der Waals surface area contributed by atoms with Crippen LogP contribution in [0, 0.1) is 6.92 Å². The summed E-state index contributed by atoms with van der Waals surface area (Å²) in [6, 6.07) is 18.1. The molecule has 2 amide bonds. The van der Waals surface area contributed by atoms with Crippen LogP contribution in [0.25, 0.3) is 0 Å². The molecule has 1 heterocycles. The van der Waals surface area contributed by atoms with E-state index in [0.717, 1.165) is 25.1 Å². The Kier molecular flexibility index (Phi) is 7.42. The van der Waals surface area contributed by atoms with Crippen LogP contribution in [0.2, 0.25) is 0 Å². The molecule has 1 N–H and O–H groups in total. The van der Waals surface area contributed by atoms with Crippen molar-refractivity contribution in [2.45, 2.75) is 45.3 Å². The monoisotopic (exact) mass is 393 g/mol. The summed E-state index contributed by atoms with van der Waals surface area (Å²) in [6.07, 6.45) is 1.93. The zero-order valence-corrected chi connectivity index (χ0v) is 17.4. The molecule has 1 unspecified atom stereocenters. The fraction of sp³-hybridized carbons (Fsp3) is 0.417. The third-order valence-corrected chi connectivity index (χ3v) is 5.42. The zero-order chi connectivity index (χ0) is 20.6. The summed E-state index contributed by atoms with van der Waals surface area (Å²) in [4.78, 5) is 28.9. The average Bonchev–Trinajstić information content (AvgIpc) is 3.08. The first-order chi connectivity index (χ1) is 14.0. The van der Waals surface area contributed by atoms with Gasteiger partial charge in [0.05, 0.1) is 0 Å². The lowest BCUT2D eigenvalue weighted by Crippen LogP contribution is -2.44. The number of aryl methyl sites for hydroxylation is 1. The minimum absolute atomic E-state index is 0.0336. The number of hydrogen-bond acceptors (Lipinski definition) is 3. The van der Waals surface area contributed by atoms with Crippen molar-refractivity contribution in [3.63, 3.8) is 0 Å². The van der Waals surface area contributed by atoms with Crippen LogP contribution in [0.4, 0.5) is 0 Å². The van der Waals surface area contributed by atoms with E-state index in [9.17, 15) is 9.59 Å². The van der Waals surface area contributed by atoms with E-state index in [-0.39, 0.29) is 17.9 Å². The van der Waals surface area contributed by atoms with Gasteiger partial charge in [0.2, 0.25) is 11.8 Å². The first-order valence-electron chi connectivity index (χ1n) is 10.4. The van der Waals surface area contributed by atoms with Crippen LogP contribution in [-0.4, -0.2) is 47.8 Å². The van der Waals surface area contributed by atoms with E-state index < -0.39 is 0 Å². The Morgan fingerprint density at radius 2 is 1.83 bits per heavy atom. The van der Waals surface area contributed by atoms with Gasteiger partial charge >= 0.3 is 0 Å². The summed E-state index contributed by atoms with van der Waals surface area (Å²) in [5.41, 5.74) is 3.54. The Bertz CT molecular complexity index is 805. The van der Waals surface area contributed by atoms with Gasteiger partial charge in [0.1, 0.15) is 6.04 Å². The Labute approximate surface area is 173 Å². The largest absolute Gasteiger partial charge is 0.354 e. The SMILES string of the molecule is Cc1ccc(CN2C(=O)CCC2C(=O)NCCCN(C)Cc2ccccc2)cc1. The maximum absolute atomic E-state index is 12.7. The van der Waals surface area contributed by atoms with Crippen LogP contribution in [0.5, 0.6) is 0 Å².